The van der Waals surface area contributed by atoms with E-state index >= 15 is 0 Å². The number of aromatic nitrogens is 2. The third-order valence-corrected chi connectivity index (χ3v) is 2.39. The Kier molecular flexibility index (Phi) is 3.73. The van der Waals surface area contributed by atoms with Gasteiger partial charge in [0.2, 0.25) is 5.91 Å². The number of nitrogens with one attached hydrogen (secondary N) is 1. The van der Waals surface area contributed by atoms with Gasteiger partial charge in [0.1, 0.15) is 6.54 Å². The Labute approximate surface area is 97.0 Å². The summed E-state index contributed by atoms with van der Waals surface area (Å²) in [6, 6.07) is 0. The lowest BCUT2D eigenvalue weighted by atomic mass is 10.1. The van der Waals surface area contributed by atoms with Gasteiger partial charge in [-0.3, -0.25) is 9.48 Å². The van der Waals surface area contributed by atoms with E-state index in [9.17, 15) is 4.79 Å². The summed E-state index contributed by atoms with van der Waals surface area (Å²) in [7, 11) is 0. The van der Waals surface area contributed by atoms with Crippen LogP contribution in [0, 0.1) is 6.92 Å². The molecule has 0 spiro atoms. The fourth-order valence-electron chi connectivity index (χ4n) is 1.59. The molecule has 4 nitrogen and oxygen atoms in total. The van der Waals surface area contributed by atoms with E-state index in [0.717, 1.165) is 12.1 Å². The smallest absolute Gasteiger partial charge is 0.242 e. The molecular weight excluding hydrogens is 202 g/mol. The quantitative estimate of drug-likeness (QED) is 0.847. The first-order chi connectivity index (χ1) is 7.33. The van der Waals surface area contributed by atoms with Gasteiger partial charge in [0.25, 0.3) is 0 Å². The number of nitrogens with zero attached hydrogens (tertiary/aromatic N) is 2. The van der Waals surface area contributed by atoms with Crippen molar-refractivity contribution in [3.63, 3.8) is 0 Å². The second-order valence-electron chi connectivity index (χ2n) is 5.06. The molecule has 90 valence electrons. The van der Waals surface area contributed by atoms with Crippen LogP contribution in [0.5, 0.6) is 0 Å². The first-order valence-electron chi connectivity index (χ1n) is 5.66. The van der Waals surface area contributed by atoms with Gasteiger partial charge < -0.3 is 5.32 Å². The van der Waals surface area contributed by atoms with Gasteiger partial charge >= 0.3 is 0 Å². The number of carbonyl (C=O) groups is 1. The highest BCUT2D eigenvalue weighted by molar-refractivity contribution is 5.76. The first-order valence-corrected chi connectivity index (χ1v) is 5.66. The van der Waals surface area contributed by atoms with Crippen LogP contribution in [-0.2, 0) is 17.8 Å². The van der Waals surface area contributed by atoms with Crippen LogP contribution < -0.4 is 5.32 Å². The second kappa shape index (κ2) is 4.68. The largest absolute Gasteiger partial charge is 0.350 e. The predicted molar refractivity (Wildman–Crippen MR) is 64.2 cm³/mol. The molecule has 0 aliphatic carbocycles. The van der Waals surface area contributed by atoms with Crippen LogP contribution in [0.25, 0.3) is 0 Å². The Morgan fingerprint density at radius 2 is 2.12 bits per heavy atom. The Balaban J connectivity index is 2.67. The molecule has 0 fully saturated rings. The van der Waals surface area contributed by atoms with Gasteiger partial charge in [-0.15, -0.1) is 0 Å². The molecular formula is C12H21N3O. The third-order valence-electron chi connectivity index (χ3n) is 2.39. The highest BCUT2D eigenvalue weighted by Gasteiger charge is 2.15. The molecule has 0 aliphatic rings. The van der Waals surface area contributed by atoms with Crippen LogP contribution in [0.4, 0.5) is 0 Å². The summed E-state index contributed by atoms with van der Waals surface area (Å²) in [6.45, 7) is 10.3. The van der Waals surface area contributed by atoms with E-state index < -0.39 is 0 Å². The number of carbonyl (C=O) groups excluding carboxylic acids is 1. The molecule has 0 aliphatic heterocycles. The van der Waals surface area contributed by atoms with E-state index in [0.29, 0.717) is 6.54 Å². The highest BCUT2D eigenvalue weighted by atomic mass is 16.2. The van der Waals surface area contributed by atoms with Gasteiger partial charge in [-0.2, -0.15) is 5.10 Å². The van der Waals surface area contributed by atoms with Crippen LogP contribution in [0.1, 0.15) is 39.0 Å². The minimum absolute atomic E-state index is 0.00125. The number of aryl methyl sites for hydroxylation is 1. The molecule has 0 atom stereocenters. The van der Waals surface area contributed by atoms with Crippen molar-refractivity contribution in [2.75, 3.05) is 0 Å². The van der Waals surface area contributed by atoms with Crippen LogP contribution >= 0.6 is 0 Å². The minimum Gasteiger partial charge on any atom is -0.350 e. The van der Waals surface area contributed by atoms with Gasteiger partial charge in [0.15, 0.2) is 0 Å². The minimum atomic E-state index is -0.189. The lowest BCUT2D eigenvalue weighted by Crippen LogP contribution is -2.42. The average molecular weight is 223 g/mol. The van der Waals surface area contributed by atoms with Gasteiger partial charge in [0, 0.05) is 11.2 Å². The molecule has 1 amide bonds. The summed E-state index contributed by atoms with van der Waals surface area (Å²) in [6.07, 6.45) is 2.78. The number of rotatable bonds is 3. The van der Waals surface area contributed by atoms with Crippen LogP contribution in [0.3, 0.4) is 0 Å². The lowest BCUT2D eigenvalue weighted by molar-refractivity contribution is -0.123. The van der Waals surface area contributed by atoms with Crippen LogP contribution in [0.2, 0.25) is 0 Å². The molecule has 0 saturated carbocycles. The Hall–Kier alpha value is -1.32. The summed E-state index contributed by atoms with van der Waals surface area (Å²) in [5, 5.41) is 7.13. The Bertz CT molecular complexity index is 374. The molecule has 0 saturated heterocycles. The van der Waals surface area contributed by atoms with E-state index in [1.54, 1.807) is 4.68 Å². The van der Waals surface area contributed by atoms with E-state index in [2.05, 4.69) is 17.3 Å². The zero-order chi connectivity index (χ0) is 12.3. The second-order valence-corrected chi connectivity index (χ2v) is 5.06. The molecule has 0 bridgehead atoms. The Morgan fingerprint density at radius 3 is 2.56 bits per heavy atom. The zero-order valence-corrected chi connectivity index (χ0v) is 10.8. The van der Waals surface area contributed by atoms with Gasteiger partial charge in [-0.25, -0.2) is 0 Å². The van der Waals surface area contributed by atoms with Crippen molar-refractivity contribution in [1.82, 2.24) is 15.1 Å². The molecule has 1 aromatic rings. The van der Waals surface area contributed by atoms with E-state index in [-0.39, 0.29) is 11.4 Å². The van der Waals surface area contributed by atoms with Crippen molar-refractivity contribution in [2.24, 2.45) is 0 Å². The SMILES string of the molecule is CCc1cnn(CC(=O)NC(C)(C)C)c1C. The third kappa shape index (κ3) is 3.36. The molecule has 1 rings (SSSR count). The van der Waals surface area contributed by atoms with Crippen LogP contribution in [-0.4, -0.2) is 21.2 Å². The van der Waals surface area contributed by atoms with E-state index in [4.69, 9.17) is 0 Å². The normalized spacial score (nSPS) is 11.6. The lowest BCUT2D eigenvalue weighted by Gasteiger charge is -2.20. The zero-order valence-electron chi connectivity index (χ0n) is 10.8. The fourth-order valence-corrected chi connectivity index (χ4v) is 1.59. The standard InChI is InChI=1S/C12H21N3O/c1-6-10-7-13-15(9(10)2)8-11(16)14-12(3,4)5/h7H,6,8H2,1-5H3,(H,14,16). The summed E-state index contributed by atoms with van der Waals surface area (Å²) < 4.78 is 1.75. The molecule has 16 heavy (non-hydrogen) atoms. The predicted octanol–water partition coefficient (Wildman–Crippen LogP) is 1.67. The molecule has 1 heterocycles. The van der Waals surface area contributed by atoms with Crippen molar-refractivity contribution in [3.05, 3.63) is 17.5 Å². The maximum atomic E-state index is 11.7. The average Bonchev–Trinajstić information content (AvgIpc) is 2.44. The van der Waals surface area contributed by atoms with Gasteiger partial charge in [-0.05, 0) is 39.7 Å². The topological polar surface area (TPSA) is 46.9 Å². The molecule has 1 N–H and O–H groups in total. The van der Waals surface area contributed by atoms with E-state index in [1.807, 2.05) is 33.9 Å². The van der Waals surface area contributed by atoms with Gasteiger partial charge in [0.05, 0.1) is 6.20 Å². The molecule has 4 heteroatoms. The van der Waals surface area contributed by atoms with Crippen molar-refractivity contribution in [1.29, 1.82) is 0 Å². The summed E-state index contributed by atoms with van der Waals surface area (Å²) in [4.78, 5) is 11.7. The van der Waals surface area contributed by atoms with Crippen molar-refractivity contribution >= 4 is 5.91 Å². The van der Waals surface area contributed by atoms with Crippen molar-refractivity contribution < 1.29 is 4.79 Å². The number of hydrogen-bond acceptors (Lipinski definition) is 2. The molecule has 1 aromatic heterocycles. The highest BCUT2D eigenvalue weighted by Crippen LogP contribution is 2.07. The van der Waals surface area contributed by atoms with Crippen molar-refractivity contribution in [2.45, 2.75) is 53.1 Å². The van der Waals surface area contributed by atoms with Crippen LogP contribution in [0.15, 0.2) is 6.20 Å². The van der Waals surface area contributed by atoms with Crippen molar-refractivity contribution in [3.8, 4) is 0 Å². The number of hydrogen-bond donors (Lipinski definition) is 1. The van der Waals surface area contributed by atoms with E-state index in [1.165, 1.54) is 5.56 Å². The molecule has 0 unspecified atom stereocenters. The molecule has 0 aromatic carbocycles. The maximum Gasteiger partial charge on any atom is 0.242 e. The summed E-state index contributed by atoms with van der Waals surface area (Å²) in [5.41, 5.74) is 2.08. The maximum absolute atomic E-state index is 11.7. The molecule has 0 radical (unpaired) electrons. The number of amides is 1. The first kappa shape index (κ1) is 12.7. The fraction of sp³-hybridized carbons (Fsp3) is 0.667. The van der Waals surface area contributed by atoms with Gasteiger partial charge in [-0.1, -0.05) is 6.92 Å². The summed E-state index contributed by atoms with van der Waals surface area (Å²) in [5.74, 6) is 0.00125. The monoisotopic (exact) mass is 223 g/mol. The summed E-state index contributed by atoms with van der Waals surface area (Å²) >= 11 is 0. The Morgan fingerprint density at radius 1 is 1.50 bits per heavy atom.